The van der Waals surface area contributed by atoms with Crippen LogP contribution < -0.4 is 0 Å². The molecule has 2 bridgehead atoms. The lowest BCUT2D eigenvalue weighted by Gasteiger charge is -2.21. The average molecular weight is 188 g/mol. The second-order valence-electron chi connectivity index (χ2n) is 5.11. The van der Waals surface area contributed by atoms with Gasteiger partial charge in [0.2, 0.25) is 0 Å². The van der Waals surface area contributed by atoms with Gasteiger partial charge in [-0.3, -0.25) is 4.79 Å². The maximum atomic E-state index is 11.7. The Balaban J connectivity index is 2.09. The van der Waals surface area contributed by atoms with Crippen LogP contribution in [0.4, 0.5) is 0 Å². The van der Waals surface area contributed by atoms with E-state index < -0.39 is 0 Å². The standard InChI is InChI=1S/C13H16O/c1-7(2)12-8-3-4-10(12)13-9(8)5-6-11(13)14/h5-6,8-10,13H,3-4H2,1-2H3/t8-,9+,10+,13-/m0/s1. The number of rotatable bonds is 0. The van der Waals surface area contributed by atoms with E-state index in [1.807, 2.05) is 6.08 Å². The van der Waals surface area contributed by atoms with Gasteiger partial charge in [0.15, 0.2) is 5.78 Å². The molecule has 2 saturated carbocycles. The number of carbonyl (C=O) groups is 1. The lowest BCUT2D eigenvalue weighted by Crippen LogP contribution is -2.22. The smallest absolute Gasteiger partial charge is 0.159 e. The molecule has 3 aliphatic carbocycles. The van der Waals surface area contributed by atoms with Gasteiger partial charge >= 0.3 is 0 Å². The van der Waals surface area contributed by atoms with Gasteiger partial charge in [-0.25, -0.2) is 0 Å². The van der Waals surface area contributed by atoms with E-state index in [0.717, 1.165) is 0 Å². The molecule has 0 spiro atoms. The zero-order valence-electron chi connectivity index (χ0n) is 8.79. The van der Waals surface area contributed by atoms with Gasteiger partial charge in [-0.15, -0.1) is 0 Å². The fourth-order valence-electron chi connectivity index (χ4n) is 3.94. The highest BCUT2D eigenvalue weighted by Crippen LogP contribution is 2.59. The van der Waals surface area contributed by atoms with E-state index in [0.29, 0.717) is 29.5 Å². The van der Waals surface area contributed by atoms with E-state index in [1.165, 1.54) is 18.4 Å². The predicted molar refractivity (Wildman–Crippen MR) is 55.7 cm³/mol. The molecule has 2 fully saturated rings. The SMILES string of the molecule is CC(C)=C1[C@H]2CC[C@H]1[C@H]1C(=O)C=C[C@@H]12. The van der Waals surface area contributed by atoms with Crippen molar-refractivity contribution in [1.82, 2.24) is 0 Å². The summed E-state index contributed by atoms with van der Waals surface area (Å²) < 4.78 is 0. The predicted octanol–water partition coefficient (Wildman–Crippen LogP) is 2.73. The van der Waals surface area contributed by atoms with E-state index in [2.05, 4.69) is 19.9 Å². The lowest BCUT2D eigenvalue weighted by atomic mass is 9.81. The molecule has 0 saturated heterocycles. The van der Waals surface area contributed by atoms with E-state index in [4.69, 9.17) is 0 Å². The maximum absolute atomic E-state index is 11.7. The zero-order valence-corrected chi connectivity index (χ0v) is 8.79. The molecule has 0 radical (unpaired) electrons. The van der Waals surface area contributed by atoms with Crippen molar-refractivity contribution in [3.05, 3.63) is 23.3 Å². The first-order valence-corrected chi connectivity index (χ1v) is 5.59. The van der Waals surface area contributed by atoms with E-state index in [9.17, 15) is 4.79 Å². The molecule has 0 amide bonds. The van der Waals surface area contributed by atoms with Gasteiger partial charge < -0.3 is 0 Å². The van der Waals surface area contributed by atoms with Crippen molar-refractivity contribution in [3.8, 4) is 0 Å². The fraction of sp³-hybridized carbons (Fsp3) is 0.615. The summed E-state index contributed by atoms with van der Waals surface area (Å²) in [4.78, 5) is 11.7. The third-order valence-corrected chi connectivity index (χ3v) is 4.29. The van der Waals surface area contributed by atoms with Crippen molar-refractivity contribution >= 4 is 5.78 Å². The van der Waals surface area contributed by atoms with Crippen LogP contribution in [0.1, 0.15) is 26.7 Å². The number of allylic oxidation sites excluding steroid dienone is 4. The summed E-state index contributed by atoms with van der Waals surface area (Å²) in [6.07, 6.45) is 6.55. The number of carbonyl (C=O) groups excluding carboxylic acids is 1. The van der Waals surface area contributed by atoms with Gasteiger partial charge in [-0.1, -0.05) is 17.2 Å². The van der Waals surface area contributed by atoms with Gasteiger partial charge in [0.1, 0.15) is 0 Å². The van der Waals surface area contributed by atoms with Crippen molar-refractivity contribution in [3.63, 3.8) is 0 Å². The van der Waals surface area contributed by atoms with Crippen LogP contribution in [0, 0.1) is 23.7 Å². The fourth-order valence-corrected chi connectivity index (χ4v) is 3.94. The van der Waals surface area contributed by atoms with Crippen LogP contribution in [0.25, 0.3) is 0 Å². The molecule has 4 atom stereocenters. The van der Waals surface area contributed by atoms with Crippen LogP contribution in [0.5, 0.6) is 0 Å². The van der Waals surface area contributed by atoms with Gasteiger partial charge in [0.25, 0.3) is 0 Å². The summed E-state index contributed by atoms with van der Waals surface area (Å²) in [5.74, 6) is 2.58. The molecule has 14 heavy (non-hydrogen) atoms. The Morgan fingerprint density at radius 1 is 1.29 bits per heavy atom. The molecule has 0 aromatic rings. The summed E-state index contributed by atoms with van der Waals surface area (Å²) in [7, 11) is 0. The highest BCUT2D eigenvalue weighted by atomic mass is 16.1. The zero-order chi connectivity index (χ0) is 9.87. The van der Waals surface area contributed by atoms with E-state index in [-0.39, 0.29) is 0 Å². The summed E-state index contributed by atoms with van der Waals surface area (Å²) in [5.41, 5.74) is 3.09. The molecule has 3 aliphatic rings. The molecule has 0 unspecified atom stereocenters. The molecule has 1 nitrogen and oxygen atoms in total. The molecule has 0 N–H and O–H groups in total. The summed E-state index contributed by atoms with van der Waals surface area (Å²) in [6.45, 7) is 4.41. The Kier molecular flexibility index (Phi) is 1.56. The Morgan fingerprint density at radius 2 is 2.00 bits per heavy atom. The molecular formula is C13H16O. The van der Waals surface area contributed by atoms with Crippen LogP contribution >= 0.6 is 0 Å². The highest BCUT2D eigenvalue weighted by Gasteiger charge is 2.54. The largest absolute Gasteiger partial charge is 0.295 e. The Labute approximate surface area is 84.9 Å². The molecule has 0 heterocycles. The monoisotopic (exact) mass is 188 g/mol. The Hall–Kier alpha value is -0.850. The normalized spacial score (nSPS) is 43.6. The summed E-state index contributed by atoms with van der Waals surface area (Å²) in [6, 6.07) is 0. The van der Waals surface area contributed by atoms with Crippen molar-refractivity contribution in [2.45, 2.75) is 26.7 Å². The first-order chi connectivity index (χ1) is 6.70. The van der Waals surface area contributed by atoms with Crippen LogP contribution in [0.15, 0.2) is 23.3 Å². The molecule has 0 aliphatic heterocycles. The third kappa shape index (κ3) is 0.832. The number of hydrogen-bond donors (Lipinski definition) is 0. The van der Waals surface area contributed by atoms with Crippen molar-refractivity contribution in [2.75, 3.05) is 0 Å². The number of ketones is 1. The quantitative estimate of drug-likeness (QED) is 0.534. The van der Waals surface area contributed by atoms with Crippen LogP contribution in [0.2, 0.25) is 0 Å². The topological polar surface area (TPSA) is 17.1 Å². The molecule has 3 rings (SSSR count). The van der Waals surface area contributed by atoms with Crippen molar-refractivity contribution in [2.24, 2.45) is 23.7 Å². The second-order valence-corrected chi connectivity index (χ2v) is 5.11. The minimum atomic E-state index is 0.332. The van der Waals surface area contributed by atoms with Gasteiger partial charge in [-0.2, -0.15) is 0 Å². The average Bonchev–Trinajstić information content (AvgIpc) is 2.74. The molecule has 0 aromatic heterocycles. The molecule has 1 heteroatoms. The molecule has 74 valence electrons. The Bertz CT molecular complexity index is 357. The number of fused-ring (bicyclic) bond motifs is 5. The van der Waals surface area contributed by atoms with Crippen molar-refractivity contribution in [1.29, 1.82) is 0 Å². The lowest BCUT2D eigenvalue weighted by molar-refractivity contribution is -0.119. The second kappa shape index (κ2) is 2.59. The minimum Gasteiger partial charge on any atom is -0.295 e. The van der Waals surface area contributed by atoms with Crippen LogP contribution in [-0.2, 0) is 4.79 Å². The molecular weight excluding hydrogens is 172 g/mol. The highest BCUT2D eigenvalue weighted by molar-refractivity contribution is 5.96. The minimum absolute atomic E-state index is 0.332. The van der Waals surface area contributed by atoms with Crippen molar-refractivity contribution < 1.29 is 4.79 Å². The van der Waals surface area contributed by atoms with E-state index in [1.54, 1.807) is 5.57 Å². The van der Waals surface area contributed by atoms with Crippen LogP contribution in [0.3, 0.4) is 0 Å². The van der Waals surface area contributed by atoms with Crippen LogP contribution in [-0.4, -0.2) is 5.78 Å². The first kappa shape index (κ1) is 8.46. The third-order valence-electron chi connectivity index (χ3n) is 4.29. The summed E-state index contributed by atoms with van der Waals surface area (Å²) >= 11 is 0. The maximum Gasteiger partial charge on any atom is 0.159 e. The summed E-state index contributed by atoms with van der Waals surface area (Å²) in [5, 5.41) is 0. The van der Waals surface area contributed by atoms with E-state index >= 15 is 0 Å². The van der Waals surface area contributed by atoms with Gasteiger partial charge in [0, 0.05) is 5.92 Å². The van der Waals surface area contributed by atoms with Gasteiger partial charge in [-0.05, 0) is 50.5 Å². The number of hydrogen-bond acceptors (Lipinski definition) is 1. The Morgan fingerprint density at radius 3 is 2.64 bits per heavy atom. The first-order valence-electron chi connectivity index (χ1n) is 5.59. The van der Waals surface area contributed by atoms with Gasteiger partial charge in [0.05, 0.1) is 0 Å². The molecule has 0 aromatic carbocycles.